The molecule has 1 aliphatic rings. The van der Waals surface area contributed by atoms with Crippen molar-refractivity contribution in [2.24, 2.45) is 11.7 Å². The summed E-state index contributed by atoms with van der Waals surface area (Å²) in [6.45, 7) is 2.93. The summed E-state index contributed by atoms with van der Waals surface area (Å²) in [7, 11) is 1.71. The highest BCUT2D eigenvalue weighted by Gasteiger charge is 2.27. The maximum atomic E-state index is 11.8. The molecule has 0 bridgehead atoms. The molecule has 1 fully saturated rings. The number of rotatable bonds is 3. The zero-order valence-corrected chi connectivity index (χ0v) is 10.7. The Kier molecular flexibility index (Phi) is 5.41. The lowest BCUT2D eigenvalue weighted by Crippen LogP contribution is -2.47. The molecule has 3 N–H and O–H groups in total. The molecule has 0 unspecified atom stereocenters. The van der Waals surface area contributed by atoms with Crippen molar-refractivity contribution in [1.29, 1.82) is 0 Å². The van der Waals surface area contributed by atoms with Gasteiger partial charge in [0.25, 0.3) is 0 Å². The quantitative estimate of drug-likeness (QED) is 0.688. The molecular formula is C12H23N3O2. The van der Waals surface area contributed by atoms with Crippen LogP contribution < -0.4 is 11.1 Å². The number of carbonyl (C=O) groups excluding carboxylic acids is 2. The Morgan fingerprint density at radius 1 is 1.29 bits per heavy atom. The van der Waals surface area contributed by atoms with Gasteiger partial charge < -0.3 is 16.0 Å². The van der Waals surface area contributed by atoms with Crippen molar-refractivity contribution in [2.75, 3.05) is 20.1 Å². The molecule has 0 heterocycles. The monoisotopic (exact) mass is 241 g/mol. The van der Waals surface area contributed by atoms with Crippen LogP contribution in [-0.2, 0) is 9.59 Å². The van der Waals surface area contributed by atoms with Gasteiger partial charge in [-0.1, -0.05) is 6.92 Å². The van der Waals surface area contributed by atoms with E-state index in [0.29, 0.717) is 13.1 Å². The van der Waals surface area contributed by atoms with Crippen molar-refractivity contribution >= 4 is 11.8 Å². The summed E-state index contributed by atoms with van der Waals surface area (Å²) in [6.07, 6.45) is 4.25. The second kappa shape index (κ2) is 6.59. The molecule has 98 valence electrons. The highest BCUT2D eigenvalue weighted by Crippen LogP contribution is 2.26. The van der Waals surface area contributed by atoms with Gasteiger partial charge in [0.1, 0.15) is 0 Å². The average molecular weight is 241 g/mol. The number of hydrogen-bond acceptors (Lipinski definition) is 3. The molecule has 5 heteroatoms. The van der Waals surface area contributed by atoms with Gasteiger partial charge in [0, 0.05) is 26.2 Å². The number of likely N-dealkylation sites (N-methyl/N-ethyl adjacent to an activating group) is 1. The summed E-state index contributed by atoms with van der Waals surface area (Å²) < 4.78 is 0. The van der Waals surface area contributed by atoms with Gasteiger partial charge in [0.15, 0.2) is 0 Å². The fourth-order valence-electron chi connectivity index (χ4n) is 2.22. The first-order valence-corrected chi connectivity index (χ1v) is 6.31. The van der Waals surface area contributed by atoms with Crippen LogP contribution in [-0.4, -0.2) is 42.9 Å². The van der Waals surface area contributed by atoms with E-state index in [0.717, 1.165) is 31.6 Å². The maximum absolute atomic E-state index is 11.8. The van der Waals surface area contributed by atoms with Gasteiger partial charge in [-0.3, -0.25) is 9.59 Å². The Bertz CT molecular complexity index is 273. The van der Waals surface area contributed by atoms with Crippen LogP contribution in [0, 0.1) is 5.92 Å². The first-order chi connectivity index (χ1) is 8.06. The van der Waals surface area contributed by atoms with E-state index in [1.54, 1.807) is 11.9 Å². The van der Waals surface area contributed by atoms with E-state index < -0.39 is 11.8 Å². The van der Waals surface area contributed by atoms with Crippen molar-refractivity contribution in [1.82, 2.24) is 10.2 Å². The largest absolute Gasteiger partial charge is 0.347 e. The van der Waals surface area contributed by atoms with Gasteiger partial charge >= 0.3 is 11.8 Å². The smallest absolute Gasteiger partial charge is 0.311 e. The van der Waals surface area contributed by atoms with Crippen molar-refractivity contribution in [3.05, 3.63) is 0 Å². The highest BCUT2D eigenvalue weighted by atomic mass is 16.2. The molecule has 0 atom stereocenters. The third kappa shape index (κ3) is 4.00. The first kappa shape index (κ1) is 14.0. The number of hydrogen-bond donors (Lipinski definition) is 2. The molecule has 5 nitrogen and oxygen atoms in total. The van der Waals surface area contributed by atoms with Crippen LogP contribution in [0.2, 0.25) is 0 Å². The predicted molar refractivity (Wildman–Crippen MR) is 66.3 cm³/mol. The van der Waals surface area contributed by atoms with E-state index in [4.69, 9.17) is 5.73 Å². The van der Waals surface area contributed by atoms with E-state index in [1.807, 2.05) is 0 Å². The maximum Gasteiger partial charge on any atom is 0.311 e. The van der Waals surface area contributed by atoms with Gasteiger partial charge in [-0.2, -0.15) is 0 Å². The summed E-state index contributed by atoms with van der Waals surface area (Å²) in [4.78, 5) is 24.9. The van der Waals surface area contributed by atoms with E-state index in [2.05, 4.69) is 12.2 Å². The van der Waals surface area contributed by atoms with Gasteiger partial charge in [-0.25, -0.2) is 0 Å². The zero-order chi connectivity index (χ0) is 12.8. The summed E-state index contributed by atoms with van der Waals surface area (Å²) in [5.41, 5.74) is 5.27. The summed E-state index contributed by atoms with van der Waals surface area (Å²) in [5, 5.41) is 2.51. The van der Waals surface area contributed by atoms with E-state index in [9.17, 15) is 9.59 Å². The summed E-state index contributed by atoms with van der Waals surface area (Å²) in [6, 6.07) is 0.210. The second-order valence-corrected chi connectivity index (χ2v) is 4.87. The Hall–Kier alpha value is -1.10. The lowest BCUT2D eigenvalue weighted by atomic mass is 9.87. The molecule has 1 saturated carbocycles. The second-order valence-electron chi connectivity index (χ2n) is 4.87. The van der Waals surface area contributed by atoms with Gasteiger partial charge in [0.05, 0.1) is 0 Å². The molecule has 1 aliphatic carbocycles. The summed E-state index contributed by atoms with van der Waals surface area (Å²) >= 11 is 0. The van der Waals surface area contributed by atoms with Crippen molar-refractivity contribution in [3.8, 4) is 0 Å². The fourth-order valence-corrected chi connectivity index (χ4v) is 2.22. The molecule has 0 aromatic carbocycles. The zero-order valence-electron chi connectivity index (χ0n) is 10.7. The van der Waals surface area contributed by atoms with Crippen LogP contribution in [0.5, 0.6) is 0 Å². The normalized spacial score (nSPS) is 24.2. The minimum atomic E-state index is -0.545. The van der Waals surface area contributed by atoms with Crippen LogP contribution in [0.1, 0.15) is 32.6 Å². The Labute approximate surface area is 103 Å². The third-order valence-electron chi connectivity index (χ3n) is 3.48. The van der Waals surface area contributed by atoms with Crippen LogP contribution in [0.15, 0.2) is 0 Å². The predicted octanol–water partition coefficient (Wildman–Crippen LogP) is 0.0984. The lowest BCUT2D eigenvalue weighted by Gasteiger charge is -2.33. The van der Waals surface area contributed by atoms with Crippen molar-refractivity contribution < 1.29 is 9.59 Å². The molecule has 0 aromatic heterocycles. The van der Waals surface area contributed by atoms with Crippen LogP contribution in [0.3, 0.4) is 0 Å². The number of nitrogens with zero attached hydrogens (tertiary/aromatic N) is 1. The van der Waals surface area contributed by atoms with E-state index in [-0.39, 0.29) is 6.04 Å². The highest BCUT2D eigenvalue weighted by molar-refractivity contribution is 6.35. The van der Waals surface area contributed by atoms with Crippen LogP contribution in [0.25, 0.3) is 0 Å². The molecule has 2 amide bonds. The molecule has 0 saturated heterocycles. The standard InChI is InChI=1S/C12H23N3O2/c1-9-3-5-10(6-4-9)15(2)12(17)11(16)14-8-7-13/h9-10H,3-8,13H2,1-2H3,(H,14,16). The molecule has 1 rings (SSSR count). The lowest BCUT2D eigenvalue weighted by molar-refractivity contribution is -0.146. The number of nitrogens with two attached hydrogens (primary N) is 1. The van der Waals surface area contributed by atoms with Gasteiger partial charge in [0.2, 0.25) is 0 Å². The molecule has 0 aliphatic heterocycles. The fraction of sp³-hybridized carbons (Fsp3) is 0.833. The SMILES string of the molecule is CC1CCC(N(C)C(=O)C(=O)NCCN)CC1. The van der Waals surface area contributed by atoms with Gasteiger partial charge in [-0.15, -0.1) is 0 Å². The average Bonchev–Trinajstić information content (AvgIpc) is 2.35. The minimum absolute atomic E-state index is 0.210. The van der Waals surface area contributed by atoms with Crippen molar-refractivity contribution in [3.63, 3.8) is 0 Å². The molecular weight excluding hydrogens is 218 g/mol. The van der Waals surface area contributed by atoms with Gasteiger partial charge in [-0.05, 0) is 31.6 Å². The van der Waals surface area contributed by atoms with Crippen LogP contribution >= 0.6 is 0 Å². The van der Waals surface area contributed by atoms with E-state index in [1.165, 1.54) is 0 Å². The molecule has 0 aromatic rings. The van der Waals surface area contributed by atoms with Crippen molar-refractivity contribution in [2.45, 2.75) is 38.6 Å². The molecule has 0 spiro atoms. The summed E-state index contributed by atoms with van der Waals surface area (Å²) in [5.74, 6) is -0.254. The number of carbonyl (C=O) groups is 2. The third-order valence-corrected chi connectivity index (χ3v) is 3.48. The first-order valence-electron chi connectivity index (χ1n) is 6.31. The molecule has 17 heavy (non-hydrogen) atoms. The Morgan fingerprint density at radius 3 is 2.41 bits per heavy atom. The van der Waals surface area contributed by atoms with E-state index >= 15 is 0 Å². The number of nitrogens with one attached hydrogen (secondary N) is 1. The minimum Gasteiger partial charge on any atom is -0.347 e. The van der Waals surface area contributed by atoms with Crippen LogP contribution in [0.4, 0.5) is 0 Å². The molecule has 0 radical (unpaired) electrons. The number of amides is 2. The Balaban J connectivity index is 2.43. The Morgan fingerprint density at radius 2 is 1.88 bits per heavy atom. The topological polar surface area (TPSA) is 75.4 Å².